The Kier molecular flexibility index (Phi) is 6.17. The van der Waals surface area contributed by atoms with Gasteiger partial charge in [-0.3, -0.25) is 4.79 Å². The highest BCUT2D eigenvalue weighted by Crippen LogP contribution is 2.24. The lowest BCUT2D eigenvalue weighted by Crippen LogP contribution is -2.28. The highest BCUT2D eigenvalue weighted by molar-refractivity contribution is 6.17. The first-order chi connectivity index (χ1) is 6.40. The van der Waals surface area contributed by atoms with E-state index in [9.17, 15) is 4.79 Å². The van der Waals surface area contributed by atoms with Gasteiger partial charge in [-0.1, -0.05) is 13.8 Å². The minimum absolute atomic E-state index is 0.115. The van der Waals surface area contributed by atoms with Crippen LogP contribution in [0, 0.1) is 11.3 Å². The summed E-state index contributed by atoms with van der Waals surface area (Å²) in [6.45, 7) is 8.37. The average molecular weight is 221 g/mol. The van der Waals surface area contributed by atoms with Crippen LogP contribution < -0.4 is 0 Å². The topological polar surface area (TPSA) is 26.3 Å². The zero-order valence-electron chi connectivity index (χ0n) is 9.60. The van der Waals surface area contributed by atoms with Gasteiger partial charge in [0.1, 0.15) is 0 Å². The van der Waals surface area contributed by atoms with E-state index in [-0.39, 0.29) is 5.97 Å². The fraction of sp³-hybridized carbons (Fsp3) is 0.909. The molecule has 0 saturated carbocycles. The van der Waals surface area contributed by atoms with Crippen molar-refractivity contribution in [3.63, 3.8) is 0 Å². The molecule has 0 aromatic heterocycles. The van der Waals surface area contributed by atoms with E-state index in [0.29, 0.717) is 18.4 Å². The Morgan fingerprint density at radius 3 is 2.43 bits per heavy atom. The van der Waals surface area contributed by atoms with Crippen molar-refractivity contribution >= 4 is 17.6 Å². The Bertz CT molecular complexity index is 176. The van der Waals surface area contributed by atoms with E-state index >= 15 is 0 Å². The molecule has 0 bridgehead atoms. The third kappa shape index (κ3) is 5.48. The normalized spacial score (nSPS) is 11.9. The smallest absolute Gasteiger partial charge is 0.311 e. The summed E-state index contributed by atoms with van der Waals surface area (Å²) in [7, 11) is 0. The predicted octanol–water partition coefficient (Wildman–Crippen LogP) is 3.23. The Hall–Kier alpha value is -0.240. The number of ether oxygens (including phenoxy) is 1. The van der Waals surface area contributed by atoms with Crippen LogP contribution in [0.25, 0.3) is 0 Å². The van der Waals surface area contributed by atoms with Crippen LogP contribution >= 0.6 is 11.6 Å². The summed E-state index contributed by atoms with van der Waals surface area (Å²) in [5, 5.41) is 0. The molecule has 2 nitrogen and oxygen atoms in total. The summed E-state index contributed by atoms with van der Waals surface area (Å²) in [6.07, 6.45) is 1.64. The minimum Gasteiger partial charge on any atom is -0.465 e. The van der Waals surface area contributed by atoms with Gasteiger partial charge in [0.05, 0.1) is 12.0 Å². The molecule has 0 aliphatic heterocycles. The fourth-order valence-corrected chi connectivity index (χ4v) is 1.18. The Labute approximate surface area is 92.0 Å². The van der Waals surface area contributed by atoms with Crippen LogP contribution in [-0.4, -0.2) is 18.5 Å². The van der Waals surface area contributed by atoms with E-state index in [1.165, 1.54) is 0 Å². The SMILES string of the molecule is CC(C)COC(=O)C(C)(C)CCCCl. The number of hydrogen-bond donors (Lipinski definition) is 0. The maximum absolute atomic E-state index is 11.6. The van der Waals surface area contributed by atoms with Crippen molar-refractivity contribution in [1.29, 1.82) is 0 Å². The van der Waals surface area contributed by atoms with Gasteiger partial charge in [-0.05, 0) is 32.6 Å². The maximum Gasteiger partial charge on any atom is 0.311 e. The lowest BCUT2D eigenvalue weighted by atomic mass is 9.88. The third-order valence-electron chi connectivity index (χ3n) is 2.04. The molecule has 0 heterocycles. The number of carbonyl (C=O) groups excluding carboxylic acids is 1. The van der Waals surface area contributed by atoms with E-state index in [1.807, 2.05) is 27.7 Å². The Balaban J connectivity index is 3.94. The number of hydrogen-bond acceptors (Lipinski definition) is 2. The molecule has 0 saturated heterocycles. The van der Waals surface area contributed by atoms with Gasteiger partial charge in [-0.15, -0.1) is 11.6 Å². The quantitative estimate of drug-likeness (QED) is 0.508. The van der Waals surface area contributed by atoms with Gasteiger partial charge in [0.15, 0.2) is 0 Å². The molecule has 0 aliphatic carbocycles. The first kappa shape index (κ1) is 13.8. The van der Waals surface area contributed by atoms with Crippen LogP contribution in [0.2, 0.25) is 0 Å². The Morgan fingerprint density at radius 1 is 1.43 bits per heavy atom. The molecule has 0 spiro atoms. The van der Waals surface area contributed by atoms with Crippen molar-refractivity contribution in [2.75, 3.05) is 12.5 Å². The van der Waals surface area contributed by atoms with Crippen molar-refractivity contribution in [2.24, 2.45) is 11.3 Å². The van der Waals surface area contributed by atoms with Crippen LogP contribution in [0.3, 0.4) is 0 Å². The number of carbonyl (C=O) groups is 1. The summed E-state index contributed by atoms with van der Waals surface area (Å²) in [4.78, 5) is 11.6. The zero-order valence-corrected chi connectivity index (χ0v) is 10.4. The predicted molar refractivity (Wildman–Crippen MR) is 59.5 cm³/mol. The van der Waals surface area contributed by atoms with E-state index < -0.39 is 5.41 Å². The molecule has 0 radical (unpaired) electrons. The molecule has 3 heteroatoms. The van der Waals surface area contributed by atoms with Crippen molar-refractivity contribution in [1.82, 2.24) is 0 Å². The molecule has 14 heavy (non-hydrogen) atoms. The van der Waals surface area contributed by atoms with Gasteiger partial charge < -0.3 is 4.74 Å². The van der Waals surface area contributed by atoms with Gasteiger partial charge in [0.2, 0.25) is 0 Å². The molecule has 0 unspecified atom stereocenters. The van der Waals surface area contributed by atoms with E-state index in [2.05, 4.69) is 0 Å². The molecule has 0 amide bonds. The van der Waals surface area contributed by atoms with E-state index in [1.54, 1.807) is 0 Å². The highest BCUT2D eigenvalue weighted by Gasteiger charge is 2.28. The van der Waals surface area contributed by atoms with Crippen molar-refractivity contribution < 1.29 is 9.53 Å². The van der Waals surface area contributed by atoms with Gasteiger partial charge >= 0.3 is 5.97 Å². The zero-order chi connectivity index (χ0) is 11.2. The molecule has 0 N–H and O–H groups in total. The summed E-state index contributed by atoms with van der Waals surface area (Å²) >= 11 is 5.59. The standard InChI is InChI=1S/C11H21ClO2/c1-9(2)8-14-10(13)11(3,4)6-5-7-12/h9H,5-8H2,1-4H3. The Morgan fingerprint density at radius 2 is 2.00 bits per heavy atom. The molecule has 0 fully saturated rings. The monoisotopic (exact) mass is 220 g/mol. The van der Waals surface area contributed by atoms with Crippen molar-refractivity contribution in [3.8, 4) is 0 Å². The third-order valence-corrected chi connectivity index (χ3v) is 2.30. The summed E-state index contributed by atoms with van der Waals surface area (Å²) in [6, 6.07) is 0. The van der Waals surface area contributed by atoms with Crippen LogP contribution in [0.5, 0.6) is 0 Å². The number of halogens is 1. The number of rotatable bonds is 6. The maximum atomic E-state index is 11.6. The minimum atomic E-state index is -0.399. The molecule has 0 rings (SSSR count). The van der Waals surface area contributed by atoms with Gasteiger partial charge in [0.25, 0.3) is 0 Å². The lowest BCUT2D eigenvalue weighted by molar-refractivity contribution is -0.155. The fourth-order valence-electron chi connectivity index (χ4n) is 1.05. The molecular weight excluding hydrogens is 200 g/mol. The van der Waals surface area contributed by atoms with Crippen LogP contribution in [0.15, 0.2) is 0 Å². The van der Waals surface area contributed by atoms with Gasteiger partial charge in [-0.25, -0.2) is 0 Å². The molecule has 84 valence electrons. The largest absolute Gasteiger partial charge is 0.465 e. The molecule has 0 aromatic rings. The van der Waals surface area contributed by atoms with Crippen LogP contribution in [-0.2, 0) is 9.53 Å². The first-order valence-electron chi connectivity index (χ1n) is 5.13. The number of alkyl halides is 1. The molecule has 0 aliphatic rings. The molecule has 0 atom stereocenters. The van der Waals surface area contributed by atoms with Crippen LogP contribution in [0.4, 0.5) is 0 Å². The highest BCUT2D eigenvalue weighted by atomic mass is 35.5. The van der Waals surface area contributed by atoms with Crippen LogP contribution in [0.1, 0.15) is 40.5 Å². The lowest BCUT2D eigenvalue weighted by Gasteiger charge is -2.22. The van der Waals surface area contributed by atoms with Crippen molar-refractivity contribution in [2.45, 2.75) is 40.5 Å². The summed E-state index contributed by atoms with van der Waals surface area (Å²) < 4.78 is 5.18. The first-order valence-corrected chi connectivity index (χ1v) is 5.67. The molecular formula is C11H21ClO2. The average Bonchev–Trinajstić information content (AvgIpc) is 2.10. The second-order valence-corrected chi connectivity index (χ2v) is 5.05. The molecule has 0 aromatic carbocycles. The second-order valence-electron chi connectivity index (χ2n) is 4.67. The second kappa shape index (κ2) is 6.28. The van der Waals surface area contributed by atoms with Gasteiger partial charge in [-0.2, -0.15) is 0 Å². The van der Waals surface area contributed by atoms with E-state index in [0.717, 1.165) is 12.8 Å². The van der Waals surface area contributed by atoms with Crippen molar-refractivity contribution in [3.05, 3.63) is 0 Å². The van der Waals surface area contributed by atoms with Gasteiger partial charge in [0, 0.05) is 5.88 Å². The van der Waals surface area contributed by atoms with E-state index in [4.69, 9.17) is 16.3 Å². The summed E-state index contributed by atoms with van der Waals surface area (Å²) in [5.41, 5.74) is -0.399. The summed E-state index contributed by atoms with van der Waals surface area (Å²) in [5.74, 6) is 0.875. The number of esters is 1.